The molecule has 4 heteroatoms. The Bertz CT molecular complexity index is 351. The van der Waals surface area contributed by atoms with Crippen molar-refractivity contribution in [2.75, 3.05) is 29.1 Å². The third-order valence-corrected chi connectivity index (χ3v) is 4.48. The lowest BCUT2D eigenvalue weighted by Gasteiger charge is -2.22. The van der Waals surface area contributed by atoms with Crippen LogP contribution in [0.3, 0.4) is 0 Å². The molecule has 3 N–H and O–H groups in total. The van der Waals surface area contributed by atoms with Crippen molar-refractivity contribution in [2.24, 2.45) is 5.92 Å². The first-order valence-electron chi connectivity index (χ1n) is 5.62. The predicted octanol–water partition coefficient (Wildman–Crippen LogP) is 3.59. The van der Waals surface area contributed by atoms with E-state index >= 15 is 0 Å². The summed E-state index contributed by atoms with van der Waals surface area (Å²) in [6.45, 7) is 1.04. The maximum atomic E-state index is 5.92. The first kappa shape index (κ1) is 12.1. The monoisotopic (exact) mass is 300 g/mol. The fourth-order valence-corrected chi connectivity index (χ4v) is 3.45. The van der Waals surface area contributed by atoms with E-state index < -0.39 is 0 Å². The average Bonchev–Trinajstić information content (AvgIpc) is 2.32. The first-order valence-corrected chi connectivity index (χ1v) is 7.57. The number of halogens is 1. The van der Waals surface area contributed by atoms with E-state index in [0.717, 1.165) is 28.3 Å². The molecule has 1 saturated heterocycles. The van der Waals surface area contributed by atoms with Gasteiger partial charge in [-0.2, -0.15) is 11.8 Å². The van der Waals surface area contributed by atoms with Gasteiger partial charge in [-0.25, -0.2) is 0 Å². The molecule has 1 aromatic carbocycles. The summed E-state index contributed by atoms with van der Waals surface area (Å²) in [5, 5.41) is 3.46. The van der Waals surface area contributed by atoms with Gasteiger partial charge in [0.1, 0.15) is 0 Å². The predicted molar refractivity (Wildman–Crippen MR) is 77.1 cm³/mol. The topological polar surface area (TPSA) is 38.0 Å². The lowest BCUT2D eigenvalue weighted by molar-refractivity contribution is 0.516. The minimum absolute atomic E-state index is 0.805. The van der Waals surface area contributed by atoms with E-state index in [-0.39, 0.29) is 0 Å². The zero-order valence-corrected chi connectivity index (χ0v) is 11.6. The molecule has 0 spiro atoms. The zero-order chi connectivity index (χ0) is 11.4. The van der Waals surface area contributed by atoms with Gasteiger partial charge in [-0.15, -0.1) is 0 Å². The lowest BCUT2D eigenvalue weighted by atomic mass is 10.0. The summed E-state index contributed by atoms with van der Waals surface area (Å²) in [5.41, 5.74) is 7.79. The quantitative estimate of drug-likeness (QED) is 0.838. The molecule has 1 aliphatic rings. The van der Waals surface area contributed by atoms with Gasteiger partial charge >= 0.3 is 0 Å². The molecule has 0 unspecified atom stereocenters. The Balaban J connectivity index is 1.90. The molecule has 0 aromatic heterocycles. The number of anilines is 2. The zero-order valence-electron chi connectivity index (χ0n) is 9.21. The molecule has 0 atom stereocenters. The molecule has 0 saturated carbocycles. The summed E-state index contributed by atoms with van der Waals surface area (Å²) in [4.78, 5) is 0. The Hall–Kier alpha value is -0.350. The van der Waals surface area contributed by atoms with E-state index in [0.29, 0.717) is 0 Å². The van der Waals surface area contributed by atoms with Gasteiger partial charge in [0.2, 0.25) is 0 Å². The van der Waals surface area contributed by atoms with Gasteiger partial charge in [0, 0.05) is 11.0 Å². The van der Waals surface area contributed by atoms with E-state index in [1.165, 1.54) is 24.3 Å². The van der Waals surface area contributed by atoms with Crippen LogP contribution >= 0.6 is 27.7 Å². The van der Waals surface area contributed by atoms with Gasteiger partial charge in [-0.1, -0.05) is 15.9 Å². The molecule has 2 rings (SSSR count). The number of nitrogens with two attached hydrogens (primary N) is 1. The van der Waals surface area contributed by atoms with Crippen molar-refractivity contribution in [3.05, 3.63) is 22.7 Å². The molecule has 0 radical (unpaired) electrons. The highest BCUT2D eigenvalue weighted by Crippen LogP contribution is 2.26. The second-order valence-electron chi connectivity index (χ2n) is 4.17. The molecule has 1 aromatic rings. The molecule has 1 fully saturated rings. The van der Waals surface area contributed by atoms with Gasteiger partial charge in [-0.05, 0) is 48.5 Å². The fourth-order valence-electron chi connectivity index (χ4n) is 1.89. The van der Waals surface area contributed by atoms with Crippen LogP contribution in [0.5, 0.6) is 0 Å². The minimum atomic E-state index is 0.805. The summed E-state index contributed by atoms with van der Waals surface area (Å²) in [5.74, 6) is 3.42. The number of hydrogen-bond acceptors (Lipinski definition) is 3. The number of nitrogen functional groups attached to an aromatic ring is 1. The van der Waals surface area contributed by atoms with Crippen LogP contribution < -0.4 is 11.1 Å². The molecule has 16 heavy (non-hydrogen) atoms. The Kier molecular flexibility index (Phi) is 4.41. The average molecular weight is 301 g/mol. The van der Waals surface area contributed by atoms with Crippen LogP contribution in [0.1, 0.15) is 12.8 Å². The molecule has 2 nitrogen and oxygen atoms in total. The number of nitrogens with one attached hydrogen (secondary N) is 1. The molecule has 0 amide bonds. The highest BCUT2D eigenvalue weighted by Gasteiger charge is 2.13. The molecule has 1 aliphatic heterocycles. The van der Waals surface area contributed by atoms with Crippen LogP contribution in [-0.2, 0) is 0 Å². The van der Waals surface area contributed by atoms with E-state index in [9.17, 15) is 0 Å². The third kappa shape index (κ3) is 3.32. The first-order chi connectivity index (χ1) is 7.75. The van der Waals surface area contributed by atoms with Crippen LogP contribution in [0.15, 0.2) is 22.7 Å². The smallest absolute Gasteiger partial charge is 0.0585 e. The van der Waals surface area contributed by atoms with Crippen LogP contribution in [-0.4, -0.2) is 18.1 Å². The molecular weight excluding hydrogens is 284 g/mol. The van der Waals surface area contributed by atoms with Gasteiger partial charge < -0.3 is 11.1 Å². The maximum Gasteiger partial charge on any atom is 0.0585 e. The number of hydrogen-bond donors (Lipinski definition) is 2. The van der Waals surface area contributed by atoms with E-state index in [1.54, 1.807) is 0 Å². The van der Waals surface area contributed by atoms with Crippen molar-refractivity contribution < 1.29 is 0 Å². The van der Waals surface area contributed by atoms with Crippen molar-refractivity contribution in [3.63, 3.8) is 0 Å². The van der Waals surface area contributed by atoms with Crippen LogP contribution in [0.4, 0.5) is 11.4 Å². The molecular formula is C12H17BrN2S. The van der Waals surface area contributed by atoms with E-state index in [4.69, 9.17) is 5.73 Å². The fraction of sp³-hybridized carbons (Fsp3) is 0.500. The highest BCUT2D eigenvalue weighted by atomic mass is 79.9. The Labute approximate surface area is 109 Å². The summed E-state index contributed by atoms with van der Waals surface area (Å²) in [6, 6.07) is 5.95. The Morgan fingerprint density at radius 3 is 2.88 bits per heavy atom. The van der Waals surface area contributed by atoms with Crippen molar-refractivity contribution in [1.29, 1.82) is 0 Å². The van der Waals surface area contributed by atoms with Crippen molar-refractivity contribution in [3.8, 4) is 0 Å². The van der Waals surface area contributed by atoms with Gasteiger partial charge in [0.15, 0.2) is 0 Å². The molecule has 1 heterocycles. The molecule has 88 valence electrons. The maximum absolute atomic E-state index is 5.92. The van der Waals surface area contributed by atoms with Crippen molar-refractivity contribution >= 4 is 39.1 Å². The second-order valence-corrected chi connectivity index (χ2v) is 6.31. The van der Waals surface area contributed by atoms with Crippen molar-refractivity contribution in [2.45, 2.75) is 12.8 Å². The van der Waals surface area contributed by atoms with Crippen molar-refractivity contribution in [1.82, 2.24) is 0 Å². The van der Waals surface area contributed by atoms with E-state index in [2.05, 4.69) is 33.0 Å². The Morgan fingerprint density at radius 1 is 1.38 bits per heavy atom. The number of thioether (sulfide) groups is 1. The number of benzene rings is 1. The van der Waals surface area contributed by atoms with Gasteiger partial charge in [0.05, 0.1) is 11.4 Å². The second kappa shape index (κ2) is 5.82. The SMILES string of the molecule is Nc1ccc(Br)cc1NCC1CCSCC1. The summed E-state index contributed by atoms with van der Waals surface area (Å²) in [6.07, 6.45) is 2.65. The summed E-state index contributed by atoms with van der Waals surface area (Å²) >= 11 is 5.53. The lowest BCUT2D eigenvalue weighted by Crippen LogP contribution is -2.19. The van der Waals surface area contributed by atoms with E-state index in [1.807, 2.05) is 18.2 Å². The number of rotatable bonds is 3. The standard InChI is InChI=1S/C12H17BrN2S/c13-10-1-2-11(14)12(7-10)15-8-9-3-5-16-6-4-9/h1-2,7,9,15H,3-6,8,14H2. The highest BCUT2D eigenvalue weighted by molar-refractivity contribution is 9.10. The normalized spacial score (nSPS) is 17.3. The third-order valence-electron chi connectivity index (χ3n) is 2.94. The molecule has 0 aliphatic carbocycles. The largest absolute Gasteiger partial charge is 0.397 e. The Morgan fingerprint density at radius 2 is 2.12 bits per heavy atom. The van der Waals surface area contributed by atoms with Crippen LogP contribution in [0.25, 0.3) is 0 Å². The van der Waals surface area contributed by atoms with Crippen LogP contribution in [0.2, 0.25) is 0 Å². The van der Waals surface area contributed by atoms with Gasteiger partial charge in [-0.3, -0.25) is 0 Å². The summed E-state index contributed by atoms with van der Waals surface area (Å²) < 4.78 is 1.07. The summed E-state index contributed by atoms with van der Waals surface area (Å²) in [7, 11) is 0. The van der Waals surface area contributed by atoms with Crippen LogP contribution in [0, 0.1) is 5.92 Å². The van der Waals surface area contributed by atoms with Gasteiger partial charge in [0.25, 0.3) is 0 Å². The minimum Gasteiger partial charge on any atom is -0.397 e. The molecule has 0 bridgehead atoms.